The predicted molar refractivity (Wildman–Crippen MR) is 110 cm³/mol. The van der Waals surface area contributed by atoms with Crippen LogP contribution in [0.25, 0.3) is 0 Å². The molecule has 156 valence electrons. The number of amides is 1. The fourth-order valence-electron chi connectivity index (χ4n) is 2.98. The maximum absolute atomic E-state index is 13.0. The summed E-state index contributed by atoms with van der Waals surface area (Å²) in [5.41, 5.74) is 0.961. The molecule has 1 heterocycles. The second kappa shape index (κ2) is 9.58. The first-order chi connectivity index (χ1) is 13.9. The average Bonchev–Trinajstić information content (AvgIpc) is 2.74. The van der Waals surface area contributed by atoms with Gasteiger partial charge in [0.1, 0.15) is 10.6 Å². The lowest BCUT2D eigenvalue weighted by Gasteiger charge is -2.27. The molecule has 0 unspecified atom stereocenters. The minimum atomic E-state index is -3.82. The van der Waals surface area contributed by atoms with Crippen molar-refractivity contribution in [1.82, 2.24) is 9.62 Å². The Hall–Kier alpha value is -2.13. The van der Waals surface area contributed by atoms with Crippen LogP contribution in [-0.2, 0) is 19.6 Å². The summed E-state index contributed by atoms with van der Waals surface area (Å²) >= 11 is 6.02. The van der Waals surface area contributed by atoms with E-state index in [0.717, 1.165) is 5.56 Å². The Morgan fingerprint density at radius 2 is 1.90 bits per heavy atom. The van der Waals surface area contributed by atoms with E-state index >= 15 is 0 Å². The molecule has 1 amide bonds. The van der Waals surface area contributed by atoms with E-state index < -0.39 is 10.0 Å². The van der Waals surface area contributed by atoms with Crippen LogP contribution in [0.1, 0.15) is 18.5 Å². The highest BCUT2D eigenvalue weighted by Gasteiger charge is 2.29. The number of halogens is 1. The van der Waals surface area contributed by atoms with Crippen LogP contribution in [0, 0.1) is 0 Å². The van der Waals surface area contributed by atoms with Crippen molar-refractivity contribution in [1.29, 1.82) is 0 Å². The Morgan fingerprint density at radius 1 is 1.21 bits per heavy atom. The van der Waals surface area contributed by atoms with Crippen LogP contribution >= 0.6 is 11.6 Å². The van der Waals surface area contributed by atoms with Gasteiger partial charge in [-0.1, -0.05) is 41.9 Å². The zero-order valence-corrected chi connectivity index (χ0v) is 17.6. The second-order valence-corrected chi connectivity index (χ2v) is 8.94. The molecule has 3 rings (SSSR count). The molecule has 1 fully saturated rings. The van der Waals surface area contributed by atoms with Gasteiger partial charge in [-0.15, -0.1) is 0 Å². The summed E-state index contributed by atoms with van der Waals surface area (Å²) in [6, 6.07) is 13.6. The summed E-state index contributed by atoms with van der Waals surface area (Å²) in [7, 11) is -3.82. The van der Waals surface area contributed by atoms with Crippen LogP contribution in [0.2, 0.25) is 5.02 Å². The highest BCUT2D eigenvalue weighted by molar-refractivity contribution is 7.89. The summed E-state index contributed by atoms with van der Waals surface area (Å²) in [4.78, 5) is 12.2. The topological polar surface area (TPSA) is 84.9 Å². The van der Waals surface area contributed by atoms with E-state index in [9.17, 15) is 13.2 Å². The number of hydrogen-bond donors (Lipinski definition) is 1. The summed E-state index contributed by atoms with van der Waals surface area (Å²) in [6.45, 7) is 2.71. The van der Waals surface area contributed by atoms with Crippen molar-refractivity contribution in [2.45, 2.75) is 17.9 Å². The molecule has 0 aromatic heterocycles. The summed E-state index contributed by atoms with van der Waals surface area (Å²) in [6.07, 6.45) is 0. The number of rotatable bonds is 7. The zero-order valence-electron chi connectivity index (χ0n) is 16.0. The molecule has 1 N–H and O–H groups in total. The molecule has 2 aromatic rings. The number of carbonyl (C=O) groups is 1. The molecule has 0 saturated carbocycles. The van der Waals surface area contributed by atoms with Crippen molar-refractivity contribution in [3.05, 3.63) is 59.1 Å². The molecule has 9 heteroatoms. The molecule has 29 heavy (non-hydrogen) atoms. The summed E-state index contributed by atoms with van der Waals surface area (Å²) < 4.78 is 38.1. The van der Waals surface area contributed by atoms with Crippen molar-refractivity contribution in [2.75, 3.05) is 32.9 Å². The molecular formula is C20H23ClN2O5S. The van der Waals surface area contributed by atoms with Gasteiger partial charge in [0, 0.05) is 18.1 Å². The van der Waals surface area contributed by atoms with Gasteiger partial charge in [0.2, 0.25) is 10.0 Å². The molecular weight excluding hydrogens is 416 g/mol. The number of benzene rings is 2. The van der Waals surface area contributed by atoms with E-state index in [-0.39, 0.29) is 47.3 Å². The number of carbonyl (C=O) groups excluding carboxylic acids is 1. The monoisotopic (exact) mass is 438 g/mol. The van der Waals surface area contributed by atoms with E-state index in [1.807, 2.05) is 37.3 Å². The Bertz CT molecular complexity index is 947. The lowest BCUT2D eigenvalue weighted by atomic mass is 10.1. The van der Waals surface area contributed by atoms with E-state index in [2.05, 4.69) is 5.32 Å². The van der Waals surface area contributed by atoms with Crippen molar-refractivity contribution >= 4 is 27.5 Å². The van der Waals surface area contributed by atoms with Crippen LogP contribution in [0.5, 0.6) is 5.75 Å². The minimum Gasteiger partial charge on any atom is -0.482 e. The third kappa shape index (κ3) is 5.48. The lowest BCUT2D eigenvalue weighted by Crippen LogP contribution is -2.40. The normalized spacial score (nSPS) is 16.2. The third-order valence-corrected chi connectivity index (χ3v) is 6.68. The van der Waals surface area contributed by atoms with E-state index in [1.54, 1.807) is 0 Å². The molecule has 1 aliphatic rings. The first kappa shape index (κ1) is 21.6. The molecule has 1 saturated heterocycles. The molecule has 1 atom stereocenters. The van der Waals surface area contributed by atoms with Crippen molar-refractivity contribution in [3.63, 3.8) is 0 Å². The van der Waals surface area contributed by atoms with Gasteiger partial charge in [-0.3, -0.25) is 4.79 Å². The summed E-state index contributed by atoms with van der Waals surface area (Å²) in [5, 5.41) is 3.10. The average molecular weight is 439 g/mol. The summed E-state index contributed by atoms with van der Waals surface area (Å²) in [5.74, 6) is -0.269. The van der Waals surface area contributed by atoms with E-state index in [1.165, 1.54) is 22.5 Å². The second-order valence-electron chi connectivity index (χ2n) is 6.60. The van der Waals surface area contributed by atoms with Crippen molar-refractivity contribution in [3.8, 4) is 5.75 Å². The standard InChI is InChI=1S/C20H23ClN2O5S/c1-15(16-5-3-2-4-6-16)22-20(24)14-28-18-8-7-17(21)13-19(18)29(25,26)23-9-11-27-12-10-23/h2-8,13,15H,9-12,14H2,1H3,(H,22,24)/t15-/m0/s1. The lowest BCUT2D eigenvalue weighted by molar-refractivity contribution is -0.123. The highest BCUT2D eigenvalue weighted by Crippen LogP contribution is 2.30. The quantitative estimate of drug-likeness (QED) is 0.718. The molecule has 0 bridgehead atoms. The van der Waals surface area contributed by atoms with Crippen molar-refractivity contribution in [2.24, 2.45) is 0 Å². The first-order valence-corrected chi connectivity index (χ1v) is 11.0. The minimum absolute atomic E-state index is 0.0594. The Balaban J connectivity index is 1.70. The molecule has 0 radical (unpaired) electrons. The van der Waals surface area contributed by atoms with Gasteiger partial charge in [0.05, 0.1) is 19.3 Å². The molecule has 1 aliphatic heterocycles. The smallest absolute Gasteiger partial charge is 0.258 e. The highest BCUT2D eigenvalue weighted by atomic mass is 35.5. The Kier molecular flexibility index (Phi) is 7.13. The van der Waals surface area contributed by atoms with E-state index in [0.29, 0.717) is 13.2 Å². The van der Waals surface area contributed by atoms with Crippen LogP contribution in [-0.4, -0.2) is 51.5 Å². The van der Waals surface area contributed by atoms with Gasteiger partial charge < -0.3 is 14.8 Å². The number of hydrogen-bond acceptors (Lipinski definition) is 5. The largest absolute Gasteiger partial charge is 0.482 e. The van der Waals surface area contributed by atoms with Crippen molar-refractivity contribution < 1.29 is 22.7 Å². The van der Waals surface area contributed by atoms with Gasteiger partial charge in [0.25, 0.3) is 5.91 Å². The van der Waals surface area contributed by atoms with Gasteiger partial charge in [-0.05, 0) is 30.7 Å². The van der Waals surface area contributed by atoms with Crippen LogP contribution in [0.15, 0.2) is 53.4 Å². The number of morpholine rings is 1. The fraction of sp³-hybridized carbons (Fsp3) is 0.350. The molecule has 2 aromatic carbocycles. The van der Waals surface area contributed by atoms with Gasteiger partial charge in [-0.25, -0.2) is 8.42 Å². The maximum Gasteiger partial charge on any atom is 0.258 e. The van der Waals surface area contributed by atoms with Gasteiger partial charge >= 0.3 is 0 Å². The van der Waals surface area contributed by atoms with Gasteiger partial charge in [0.15, 0.2) is 6.61 Å². The molecule has 0 spiro atoms. The first-order valence-electron chi connectivity index (χ1n) is 9.22. The Labute approximate surface area is 175 Å². The maximum atomic E-state index is 13.0. The zero-order chi connectivity index (χ0) is 20.9. The SMILES string of the molecule is C[C@H](NC(=O)COc1ccc(Cl)cc1S(=O)(=O)N1CCOCC1)c1ccccc1. The predicted octanol–water partition coefficient (Wildman–Crippen LogP) is 2.62. The van der Waals surface area contributed by atoms with Crippen LogP contribution in [0.3, 0.4) is 0 Å². The number of nitrogens with zero attached hydrogens (tertiary/aromatic N) is 1. The van der Waals surface area contributed by atoms with Crippen LogP contribution < -0.4 is 10.1 Å². The Morgan fingerprint density at radius 3 is 2.59 bits per heavy atom. The number of nitrogens with one attached hydrogen (secondary N) is 1. The number of sulfonamides is 1. The number of ether oxygens (including phenoxy) is 2. The fourth-order valence-corrected chi connectivity index (χ4v) is 4.78. The van der Waals surface area contributed by atoms with E-state index in [4.69, 9.17) is 21.1 Å². The third-order valence-electron chi connectivity index (χ3n) is 4.53. The molecule has 0 aliphatic carbocycles. The molecule has 7 nitrogen and oxygen atoms in total. The van der Waals surface area contributed by atoms with Gasteiger partial charge in [-0.2, -0.15) is 4.31 Å². The van der Waals surface area contributed by atoms with Crippen LogP contribution in [0.4, 0.5) is 0 Å².